The Morgan fingerprint density at radius 2 is 1.48 bits per heavy atom. The van der Waals surface area contributed by atoms with Gasteiger partial charge in [0.1, 0.15) is 0 Å². The number of nitrogens with zero attached hydrogens (tertiary/aromatic N) is 2. The van der Waals surface area contributed by atoms with Gasteiger partial charge >= 0.3 is 0 Å². The Labute approximate surface area is 175 Å². The van der Waals surface area contributed by atoms with E-state index in [1.807, 2.05) is 69.1 Å². The van der Waals surface area contributed by atoms with Gasteiger partial charge in [0.2, 0.25) is 5.91 Å². The summed E-state index contributed by atoms with van der Waals surface area (Å²) in [6.07, 6.45) is 5.93. The third-order valence-electron chi connectivity index (χ3n) is 6.21. The van der Waals surface area contributed by atoms with Crippen LogP contribution in [0.5, 0.6) is 0 Å². The summed E-state index contributed by atoms with van der Waals surface area (Å²) in [5.41, 5.74) is 1.81. The Morgan fingerprint density at radius 3 is 1.97 bits per heavy atom. The van der Waals surface area contributed by atoms with Gasteiger partial charge in [-0.25, -0.2) is 0 Å². The summed E-state index contributed by atoms with van der Waals surface area (Å²) in [5, 5.41) is 0. The predicted molar refractivity (Wildman–Crippen MR) is 119 cm³/mol. The topological polar surface area (TPSA) is 42.3 Å². The highest BCUT2D eigenvalue weighted by atomic mass is 16.2. The largest absolute Gasteiger partial charge is 0.329 e. The predicted octanol–water partition coefficient (Wildman–Crippen LogP) is 6.09. The Hall–Kier alpha value is -2.36. The summed E-state index contributed by atoms with van der Waals surface area (Å²) in [6.45, 7) is 14.8. The van der Waals surface area contributed by atoms with Crippen LogP contribution < -0.4 is 0 Å². The number of carbonyl (C=O) groups is 2. The molecule has 29 heavy (non-hydrogen) atoms. The fraction of sp³-hybridized carbons (Fsp3) is 0.520. The molecule has 0 aliphatic carbocycles. The molecule has 0 atom stereocenters. The first-order valence-corrected chi connectivity index (χ1v) is 10.7. The Morgan fingerprint density at radius 1 is 0.931 bits per heavy atom. The molecule has 0 bridgehead atoms. The number of amides is 1. The molecule has 158 valence electrons. The number of benzene rings is 1. The minimum atomic E-state index is -0.375. The molecule has 0 spiro atoms. The van der Waals surface area contributed by atoms with E-state index in [4.69, 9.17) is 0 Å². The van der Waals surface area contributed by atoms with Crippen molar-refractivity contribution in [2.45, 2.75) is 79.8 Å². The zero-order valence-electron chi connectivity index (χ0n) is 19.1. The number of carbonyl (C=O) groups excluding carboxylic acids is 2. The second kappa shape index (κ2) is 8.98. The third kappa shape index (κ3) is 4.80. The molecular formula is C25H36N2O2. The molecule has 1 heterocycles. The molecule has 0 saturated carbocycles. The molecule has 1 aromatic heterocycles. The number of aryl methyl sites for hydroxylation is 1. The van der Waals surface area contributed by atoms with Crippen molar-refractivity contribution in [2.75, 3.05) is 0 Å². The third-order valence-corrected chi connectivity index (χ3v) is 6.21. The SMILES string of the molecule is CCC(CC)(CC)C(=O)n1cc(C)c(C(=O)N(Cc2ccccc2)C(C)(C)C)c1. The molecule has 4 nitrogen and oxygen atoms in total. The van der Waals surface area contributed by atoms with E-state index in [1.165, 1.54) is 0 Å². The lowest BCUT2D eigenvalue weighted by molar-refractivity contribution is 0.0558. The van der Waals surface area contributed by atoms with E-state index in [0.717, 1.165) is 30.4 Å². The van der Waals surface area contributed by atoms with E-state index >= 15 is 0 Å². The van der Waals surface area contributed by atoms with E-state index in [1.54, 1.807) is 10.8 Å². The monoisotopic (exact) mass is 396 g/mol. The maximum atomic E-state index is 13.5. The molecule has 0 aliphatic rings. The van der Waals surface area contributed by atoms with Crippen molar-refractivity contribution in [1.29, 1.82) is 0 Å². The highest BCUT2D eigenvalue weighted by molar-refractivity contribution is 5.97. The number of aromatic nitrogens is 1. The van der Waals surface area contributed by atoms with Crippen LogP contribution in [-0.4, -0.2) is 26.8 Å². The van der Waals surface area contributed by atoms with Gasteiger partial charge in [0.15, 0.2) is 0 Å². The van der Waals surface area contributed by atoms with Crippen LogP contribution in [0.1, 0.15) is 87.1 Å². The van der Waals surface area contributed by atoms with Crippen LogP contribution in [0.25, 0.3) is 0 Å². The fourth-order valence-corrected chi connectivity index (χ4v) is 3.90. The normalized spacial score (nSPS) is 12.1. The van der Waals surface area contributed by atoms with Gasteiger partial charge in [-0.15, -0.1) is 0 Å². The second-order valence-electron chi connectivity index (χ2n) is 8.96. The minimum absolute atomic E-state index is 0.0412. The van der Waals surface area contributed by atoms with Crippen molar-refractivity contribution in [3.05, 3.63) is 59.4 Å². The van der Waals surface area contributed by atoms with Gasteiger partial charge in [0.25, 0.3) is 5.91 Å². The summed E-state index contributed by atoms with van der Waals surface area (Å²) >= 11 is 0. The number of hydrogen-bond donors (Lipinski definition) is 0. The van der Waals surface area contributed by atoms with Crippen molar-refractivity contribution in [1.82, 2.24) is 9.47 Å². The van der Waals surface area contributed by atoms with Crippen LogP contribution in [0.2, 0.25) is 0 Å². The molecule has 1 aromatic carbocycles. The standard InChI is InChI=1S/C25H36N2O2/c1-8-25(9-2,10-3)23(29)26-16-19(4)21(18-26)22(28)27(24(5,6)7)17-20-14-12-11-13-15-20/h11-16,18H,8-10,17H2,1-7H3. The lowest BCUT2D eigenvalue weighted by Crippen LogP contribution is -2.45. The summed E-state index contributed by atoms with van der Waals surface area (Å²) in [6, 6.07) is 10.0. The smallest absolute Gasteiger partial charge is 0.256 e. The summed E-state index contributed by atoms with van der Waals surface area (Å²) < 4.78 is 1.64. The fourth-order valence-electron chi connectivity index (χ4n) is 3.90. The van der Waals surface area contributed by atoms with Crippen molar-refractivity contribution in [3.63, 3.8) is 0 Å². The van der Waals surface area contributed by atoms with Crippen molar-refractivity contribution < 1.29 is 9.59 Å². The van der Waals surface area contributed by atoms with Crippen molar-refractivity contribution >= 4 is 11.8 Å². The van der Waals surface area contributed by atoms with E-state index < -0.39 is 0 Å². The quantitative estimate of drug-likeness (QED) is 0.568. The lowest BCUT2D eigenvalue weighted by atomic mass is 9.79. The molecular weight excluding hydrogens is 360 g/mol. The van der Waals surface area contributed by atoms with Gasteiger partial charge in [-0.1, -0.05) is 51.1 Å². The zero-order valence-corrected chi connectivity index (χ0v) is 19.1. The van der Waals surface area contributed by atoms with Gasteiger partial charge in [-0.05, 0) is 58.1 Å². The van der Waals surface area contributed by atoms with Gasteiger partial charge in [0, 0.05) is 29.9 Å². The van der Waals surface area contributed by atoms with E-state index in [-0.39, 0.29) is 22.8 Å². The van der Waals surface area contributed by atoms with Crippen LogP contribution in [0.15, 0.2) is 42.7 Å². The summed E-state index contributed by atoms with van der Waals surface area (Å²) in [5.74, 6) is 0.0398. The van der Waals surface area contributed by atoms with Crippen LogP contribution >= 0.6 is 0 Å². The highest BCUT2D eigenvalue weighted by Crippen LogP contribution is 2.33. The van der Waals surface area contributed by atoms with Crippen molar-refractivity contribution in [3.8, 4) is 0 Å². The van der Waals surface area contributed by atoms with Crippen LogP contribution in [0.3, 0.4) is 0 Å². The average Bonchev–Trinajstić information content (AvgIpc) is 3.09. The molecule has 0 fully saturated rings. The minimum Gasteiger partial charge on any atom is -0.329 e. The average molecular weight is 397 g/mol. The first-order valence-electron chi connectivity index (χ1n) is 10.7. The van der Waals surface area contributed by atoms with Gasteiger partial charge in [-0.3, -0.25) is 14.2 Å². The van der Waals surface area contributed by atoms with Crippen LogP contribution in [0, 0.1) is 12.3 Å². The van der Waals surface area contributed by atoms with E-state index in [2.05, 4.69) is 20.8 Å². The number of rotatable bonds is 7. The lowest BCUT2D eigenvalue weighted by Gasteiger charge is -2.36. The van der Waals surface area contributed by atoms with E-state index in [9.17, 15) is 9.59 Å². The van der Waals surface area contributed by atoms with Gasteiger partial charge < -0.3 is 4.90 Å². The van der Waals surface area contributed by atoms with Crippen LogP contribution in [0.4, 0.5) is 0 Å². The van der Waals surface area contributed by atoms with Crippen LogP contribution in [-0.2, 0) is 6.54 Å². The second-order valence-corrected chi connectivity index (χ2v) is 8.96. The molecule has 2 rings (SSSR count). The van der Waals surface area contributed by atoms with E-state index in [0.29, 0.717) is 12.1 Å². The Bertz CT molecular complexity index is 831. The Kier molecular flexibility index (Phi) is 7.10. The molecule has 0 radical (unpaired) electrons. The maximum Gasteiger partial charge on any atom is 0.256 e. The van der Waals surface area contributed by atoms with Crippen molar-refractivity contribution in [2.24, 2.45) is 5.41 Å². The molecule has 2 aromatic rings. The Balaban J connectivity index is 2.40. The first-order chi connectivity index (χ1) is 13.6. The molecule has 0 aliphatic heterocycles. The molecule has 1 amide bonds. The summed E-state index contributed by atoms with van der Waals surface area (Å²) in [4.78, 5) is 28.6. The zero-order chi connectivity index (χ0) is 21.8. The molecule has 0 unspecified atom stereocenters. The first kappa shape index (κ1) is 22.9. The number of hydrogen-bond acceptors (Lipinski definition) is 2. The molecule has 0 N–H and O–H groups in total. The maximum absolute atomic E-state index is 13.5. The molecule has 4 heteroatoms. The summed E-state index contributed by atoms with van der Waals surface area (Å²) in [7, 11) is 0. The molecule has 0 saturated heterocycles. The van der Waals surface area contributed by atoms with Gasteiger partial charge in [-0.2, -0.15) is 0 Å². The highest BCUT2D eigenvalue weighted by Gasteiger charge is 2.35. The van der Waals surface area contributed by atoms with Gasteiger partial charge in [0.05, 0.1) is 5.56 Å².